The lowest BCUT2D eigenvalue weighted by Gasteiger charge is -2.03. The van der Waals surface area contributed by atoms with Crippen LogP contribution in [0, 0.1) is 22.7 Å². The Hall–Kier alpha value is -3.10. The van der Waals surface area contributed by atoms with Gasteiger partial charge >= 0.3 is 5.91 Å². The van der Waals surface area contributed by atoms with Crippen molar-refractivity contribution in [3.63, 3.8) is 0 Å². The van der Waals surface area contributed by atoms with E-state index in [1.165, 1.54) is 17.2 Å². The van der Waals surface area contributed by atoms with Gasteiger partial charge < -0.3 is 8.98 Å². The number of carbonyl (C=O) groups excluding carboxylic acids is 1. The number of hydrogen-bond acceptors (Lipinski definition) is 6. The topological polar surface area (TPSA) is 134 Å². The van der Waals surface area contributed by atoms with E-state index in [1.807, 2.05) is 17.6 Å². The standard InChI is InChI=1S/C11H8N6O2/c12-3-8-9(4-13)17(6-15-8)5-7-1-2-19-10(7)11(18)16-14/h1-2,6H,5,14H2,(H,16,18). The maximum atomic E-state index is 11.4. The predicted octanol–water partition coefficient (Wildman–Crippen LogP) is -0.129. The van der Waals surface area contributed by atoms with Gasteiger partial charge in [0.1, 0.15) is 12.1 Å². The number of nitrogen functional groups attached to an aromatic ring is 1. The summed E-state index contributed by atoms with van der Waals surface area (Å²) in [5.41, 5.74) is 2.66. The summed E-state index contributed by atoms with van der Waals surface area (Å²) in [4.78, 5) is 15.2. The zero-order valence-electron chi connectivity index (χ0n) is 9.62. The summed E-state index contributed by atoms with van der Waals surface area (Å²) in [5.74, 6) is 4.52. The van der Waals surface area contributed by atoms with Gasteiger partial charge in [0.2, 0.25) is 0 Å². The molecule has 0 fully saturated rings. The van der Waals surface area contributed by atoms with Crippen LogP contribution in [-0.4, -0.2) is 15.5 Å². The molecule has 94 valence electrons. The van der Waals surface area contributed by atoms with Gasteiger partial charge in [-0.25, -0.2) is 10.8 Å². The zero-order chi connectivity index (χ0) is 13.8. The highest BCUT2D eigenvalue weighted by Crippen LogP contribution is 2.14. The Bertz CT molecular complexity index is 700. The summed E-state index contributed by atoms with van der Waals surface area (Å²) in [5, 5.41) is 17.8. The fraction of sp³-hybridized carbons (Fsp3) is 0.0909. The number of hydrogen-bond donors (Lipinski definition) is 2. The van der Waals surface area contributed by atoms with Gasteiger partial charge in [0, 0.05) is 5.56 Å². The van der Waals surface area contributed by atoms with Crippen molar-refractivity contribution >= 4 is 5.91 Å². The van der Waals surface area contributed by atoms with E-state index in [4.69, 9.17) is 20.8 Å². The van der Waals surface area contributed by atoms with Crippen LogP contribution in [0.2, 0.25) is 0 Å². The molecule has 1 amide bonds. The van der Waals surface area contributed by atoms with Crippen molar-refractivity contribution in [1.82, 2.24) is 15.0 Å². The summed E-state index contributed by atoms with van der Waals surface area (Å²) >= 11 is 0. The largest absolute Gasteiger partial charge is 0.459 e. The smallest absolute Gasteiger partial charge is 0.301 e. The second-order valence-electron chi connectivity index (χ2n) is 3.54. The van der Waals surface area contributed by atoms with Gasteiger partial charge in [-0.15, -0.1) is 0 Å². The van der Waals surface area contributed by atoms with Crippen LogP contribution in [-0.2, 0) is 6.54 Å². The number of imidazole rings is 1. The quantitative estimate of drug-likeness (QED) is 0.446. The van der Waals surface area contributed by atoms with E-state index in [-0.39, 0.29) is 23.7 Å². The highest BCUT2D eigenvalue weighted by atomic mass is 16.3. The highest BCUT2D eigenvalue weighted by molar-refractivity contribution is 5.92. The summed E-state index contributed by atoms with van der Waals surface area (Å²) in [6.45, 7) is 0.177. The lowest BCUT2D eigenvalue weighted by molar-refractivity contribution is 0.0924. The van der Waals surface area contributed by atoms with Crippen LogP contribution in [0.5, 0.6) is 0 Å². The van der Waals surface area contributed by atoms with E-state index in [0.717, 1.165) is 0 Å². The minimum Gasteiger partial charge on any atom is -0.459 e. The first-order chi connectivity index (χ1) is 9.21. The van der Waals surface area contributed by atoms with Crippen LogP contribution in [0.15, 0.2) is 23.1 Å². The number of carbonyl (C=O) groups is 1. The minimum absolute atomic E-state index is 0.0378. The number of aromatic nitrogens is 2. The number of hydrazine groups is 1. The van der Waals surface area contributed by atoms with Gasteiger partial charge in [0.05, 0.1) is 19.1 Å². The van der Waals surface area contributed by atoms with E-state index in [1.54, 1.807) is 6.07 Å². The van der Waals surface area contributed by atoms with Gasteiger partial charge in [-0.1, -0.05) is 0 Å². The monoisotopic (exact) mass is 256 g/mol. The fourth-order valence-electron chi connectivity index (χ4n) is 1.61. The molecule has 0 aliphatic heterocycles. The van der Waals surface area contributed by atoms with E-state index < -0.39 is 5.91 Å². The van der Waals surface area contributed by atoms with Gasteiger partial charge in [-0.3, -0.25) is 10.2 Å². The van der Waals surface area contributed by atoms with E-state index in [9.17, 15) is 4.79 Å². The third-order valence-electron chi connectivity index (χ3n) is 2.47. The molecule has 2 heterocycles. The summed E-state index contributed by atoms with van der Waals surface area (Å²) in [6.07, 6.45) is 2.70. The van der Waals surface area contributed by atoms with Crippen molar-refractivity contribution in [2.45, 2.75) is 6.54 Å². The molecule has 0 radical (unpaired) electrons. The fourth-order valence-corrected chi connectivity index (χ4v) is 1.61. The number of rotatable bonds is 3. The lowest BCUT2D eigenvalue weighted by atomic mass is 10.2. The van der Waals surface area contributed by atoms with Gasteiger partial charge in [0.15, 0.2) is 17.1 Å². The van der Waals surface area contributed by atoms with E-state index in [2.05, 4.69) is 4.98 Å². The van der Waals surface area contributed by atoms with Gasteiger partial charge in [-0.05, 0) is 6.07 Å². The third kappa shape index (κ3) is 2.16. The molecule has 8 nitrogen and oxygen atoms in total. The Kier molecular flexibility index (Phi) is 3.28. The van der Waals surface area contributed by atoms with Crippen molar-refractivity contribution in [3.05, 3.63) is 41.4 Å². The van der Waals surface area contributed by atoms with Crippen molar-refractivity contribution < 1.29 is 9.21 Å². The molecule has 0 atom stereocenters. The van der Waals surface area contributed by atoms with Gasteiger partial charge in [-0.2, -0.15) is 10.5 Å². The molecular weight excluding hydrogens is 248 g/mol. The molecule has 0 saturated heterocycles. The maximum Gasteiger partial charge on any atom is 0.301 e. The molecule has 0 saturated carbocycles. The first-order valence-electron chi connectivity index (χ1n) is 5.14. The van der Waals surface area contributed by atoms with Gasteiger partial charge in [0.25, 0.3) is 0 Å². The molecule has 0 spiro atoms. The van der Waals surface area contributed by atoms with Crippen LogP contribution >= 0.6 is 0 Å². The van der Waals surface area contributed by atoms with Crippen molar-refractivity contribution in [1.29, 1.82) is 10.5 Å². The number of nitrogens with zero attached hydrogens (tertiary/aromatic N) is 4. The van der Waals surface area contributed by atoms with Crippen molar-refractivity contribution in [2.75, 3.05) is 0 Å². The molecule has 0 aromatic carbocycles. The lowest BCUT2D eigenvalue weighted by Crippen LogP contribution is -2.30. The molecule has 2 aromatic rings. The molecule has 2 aromatic heterocycles. The summed E-state index contributed by atoms with van der Waals surface area (Å²) < 4.78 is 6.48. The number of nitrogens with two attached hydrogens (primary N) is 1. The van der Waals surface area contributed by atoms with Crippen LogP contribution in [0.3, 0.4) is 0 Å². The van der Waals surface area contributed by atoms with E-state index in [0.29, 0.717) is 5.56 Å². The molecular formula is C11H8N6O2. The molecule has 19 heavy (non-hydrogen) atoms. The average molecular weight is 256 g/mol. The molecule has 0 aliphatic carbocycles. The molecule has 0 bridgehead atoms. The second kappa shape index (κ2) is 5.04. The van der Waals surface area contributed by atoms with E-state index >= 15 is 0 Å². The predicted molar refractivity (Wildman–Crippen MR) is 61.1 cm³/mol. The maximum absolute atomic E-state index is 11.4. The third-order valence-corrected chi connectivity index (χ3v) is 2.47. The average Bonchev–Trinajstić information content (AvgIpc) is 3.04. The molecule has 2 rings (SSSR count). The molecule has 0 aliphatic rings. The molecule has 8 heteroatoms. The Balaban J connectivity index is 2.36. The number of furan rings is 1. The minimum atomic E-state index is -0.570. The Morgan fingerprint density at radius 2 is 2.32 bits per heavy atom. The molecule has 0 unspecified atom stereocenters. The van der Waals surface area contributed by atoms with Crippen LogP contribution < -0.4 is 11.3 Å². The van der Waals surface area contributed by atoms with Crippen molar-refractivity contribution in [3.8, 4) is 12.1 Å². The Labute approximate surface area is 107 Å². The van der Waals surface area contributed by atoms with Crippen LogP contribution in [0.4, 0.5) is 0 Å². The number of amides is 1. The zero-order valence-corrected chi connectivity index (χ0v) is 9.62. The first-order valence-corrected chi connectivity index (χ1v) is 5.14. The van der Waals surface area contributed by atoms with Crippen LogP contribution in [0.25, 0.3) is 0 Å². The second-order valence-corrected chi connectivity index (χ2v) is 3.54. The van der Waals surface area contributed by atoms with Crippen molar-refractivity contribution in [2.24, 2.45) is 5.84 Å². The number of nitrogens with one attached hydrogen (secondary N) is 1. The highest BCUT2D eigenvalue weighted by Gasteiger charge is 2.17. The SMILES string of the molecule is N#Cc1ncn(Cc2ccoc2C(=O)NN)c1C#N. The summed E-state index contributed by atoms with van der Waals surface area (Å²) in [6, 6.07) is 5.29. The Morgan fingerprint density at radius 3 is 2.95 bits per heavy atom. The summed E-state index contributed by atoms with van der Waals surface area (Å²) in [7, 11) is 0. The normalized spacial score (nSPS) is 9.63. The Morgan fingerprint density at radius 1 is 1.53 bits per heavy atom. The van der Waals surface area contributed by atoms with Crippen LogP contribution in [0.1, 0.15) is 27.5 Å². The number of nitriles is 2. The first kappa shape index (κ1) is 12.4. The molecule has 3 N–H and O–H groups in total.